The van der Waals surface area contributed by atoms with E-state index in [1.165, 1.54) is 0 Å². The second kappa shape index (κ2) is 10.9. The summed E-state index contributed by atoms with van der Waals surface area (Å²) in [4.78, 5) is 16.1. The summed E-state index contributed by atoms with van der Waals surface area (Å²) >= 11 is 0. The zero-order valence-electron chi connectivity index (χ0n) is 22.1. The molecule has 198 valence electrons. The first-order chi connectivity index (χ1) is 19.6. The van der Waals surface area contributed by atoms with Gasteiger partial charge >= 0.3 is 6.16 Å². The molecule has 0 aliphatic rings. The van der Waals surface area contributed by atoms with Crippen LogP contribution in [0.1, 0.15) is 12.0 Å². The molecule has 40 heavy (non-hydrogen) atoms. The van der Waals surface area contributed by atoms with Crippen molar-refractivity contribution in [2.75, 3.05) is 6.61 Å². The van der Waals surface area contributed by atoms with Crippen LogP contribution in [-0.4, -0.2) is 27.4 Å². The lowest BCUT2D eigenvalue weighted by molar-refractivity contribution is 0.141. The second-order valence-electron chi connectivity index (χ2n) is 9.63. The average molecular weight is 529 g/mol. The zero-order chi connectivity index (χ0) is 27.5. The molecule has 0 amide bonds. The fraction of sp³-hybridized carbons (Fsp3) is 0.118. The Kier molecular flexibility index (Phi) is 6.89. The van der Waals surface area contributed by atoms with Crippen molar-refractivity contribution in [2.24, 2.45) is 0 Å². The number of hydrogen-bond acceptors (Lipinski definition) is 4. The molecule has 2 aromatic heterocycles. The minimum Gasteiger partial charge on any atom is -0.493 e. The minimum absolute atomic E-state index is 0.292. The van der Waals surface area contributed by atoms with Gasteiger partial charge in [0.1, 0.15) is 5.75 Å². The minimum atomic E-state index is -1.36. The lowest BCUT2D eigenvalue weighted by Gasteiger charge is -2.12. The van der Waals surface area contributed by atoms with Crippen LogP contribution in [0, 0.1) is 6.92 Å². The van der Waals surface area contributed by atoms with Crippen LogP contribution >= 0.6 is 0 Å². The number of benzene rings is 4. The Morgan fingerprint density at radius 3 is 2.40 bits per heavy atom. The Hall–Kier alpha value is -5.10. The predicted molar refractivity (Wildman–Crippen MR) is 158 cm³/mol. The maximum Gasteiger partial charge on any atom is 0.512 e. The molecule has 6 nitrogen and oxygen atoms in total. The average Bonchev–Trinajstić information content (AvgIpc) is 3.28. The van der Waals surface area contributed by atoms with Crippen molar-refractivity contribution >= 4 is 27.8 Å². The normalized spacial score (nSPS) is 11.1. The largest absolute Gasteiger partial charge is 0.512 e. The second-order valence-corrected chi connectivity index (χ2v) is 9.63. The molecule has 0 spiro atoms. The first-order valence-corrected chi connectivity index (χ1v) is 13.2. The van der Waals surface area contributed by atoms with Gasteiger partial charge in [-0.3, -0.25) is 4.98 Å². The van der Waals surface area contributed by atoms with Gasteiger partial charge in [-0.15, -0.1) is 0 Å². The van der Waals surface area contributed by atoms with Crippen molar-refractivity contribution in [3.05, 3.63) is 115 Å². The molecule has 0 unspecified atom stereocenters. The summed E-state index contributed by atoms with van der Waals surface area (Å²) < 4.78 is 13.7. The molecule has 0 atom stereocenters. The topological polar surface area (TPSA) is 73.6 Å². The van der Waals surface area contributed by atoms with Gasteiger partial charge in [-0.2, -0.15) is 0 Å². The third kappa shape index (κ3) is 4.76. The molecule has 6 heteroatoms. The number of aromatic nitrogens is 2. The number of pyridine rings is 1. The number of nitrogens with zero attached hydrogens (tertiary/aromatic N) is 2. The number of aryl methyl sites for hydroxylation is 2. The number of hydrogen-bond donors (Lipinski definition) is 1. The zero-order valence-corrected chi connectivity index (χ0v) is 22.1. The van der Waals surface area contributed by atoms with Crippen LogP contribution in [0.25, 0.3) is 43.9 Å². The van der Waals surface area contributed by atoms with Crippen LogP contribution in [0.4, 0.5) is 4.79 Å². The van der Waals surface area contributed by atoms with Gasteiger partial charge in [0.05, 0.1) is 17.7 Å². The van der Waals surface area contributed by atoms with Gasteiger partial charge in [0.2, 0.25) is 5.88 Å². The van der Waals surface area contributed by atoms with Gasteiger partial charge in [0, 0.05) is 29.7 Å². The molecule has 0 bridgehead atoms. The summed E-state index contributed by atoms with van der Waals surface area (Å²) in [7, 11) is 0. The van der Waals surface area contributed by atoms with Crippen molar-refractivity contribution in [3.63, 3.8) is 0 Å². The van der Waals surface area contributed by atoms with Crippen LogP contribution in [0.15, 0.2) is 109 Å². The number of carboxylic acid groups (broad SMARTS) is 1. The van der Waals surface area contributed by atoms with Crippen LogP contribution in [0.3, 0.4) is 0 Å². The van der Waals surface area contributed by atoms with E-state index in [4.69, 9.17) is 9.47 Å². The Balaban J connectivity index is 1.43. The van der Waals surface area contributed by atoms with Gasteiger partial charge in [-0.1, -0.05) is 72.8 Å². The molecule has 0 radical (unpaired) electrons. The highest BCUT2D eigenvalue weighted by Crippen LogP contribution is 2.45. The highest BCUT2D eigenvalue weighted by Gasteiger charge is 2.25. The summed E-state index contributed by atoms with van der Waals surface area (Å²) in [5.41, 5.74) is 5.70. The van der Waals surface area contributed by atoms with Crippen LogP contribution < -0.4 is 9.47 Å². The number of carbonyl (C=O) groups is 1. The molecule has 1 N–H and O–H groups in total. The molecule has 6 aromatic rings. The molecule has 4 aromatic carbocycles. The van der Waals surface area contributed by atoms with Crippen LogP contribution in [-0.2, 0) is 6.54 Å². The number of ether oxygens (including phenoxy) is 2. The molecule has 6 rings (SSSR count). The molecule has 0 fully saturated rings. The monoisotopic (exact) mass is 528 g/mol. The van der Waals surface area contributed by atoms with E-state index in [9.17, 15) is 9.90 Å². The first-order valence-electron chi connectivity index (χ1n) is 13.2. The Bertz CT molecular complexity index is 1820. The van der Waals surface area contributed by atoms with Gasteiger partial charge in [0.25, 0.3) is 0 Å². The van der Waals surface area contributed by atoms with E-state index in [0.29, 0.717) is 25.5 Å². The molecule has 0 saturated carbocycles. The lowest BCUT2D eigenvalue weighted by Crippen LogP contribution is -2.11. The SMILES string of the molecule is Cc1ccccc1-c1cccc2c1c(-c1ccncc1)c(OC(=O)O)n2CCCOc1cccc2ccccc12. The number of fused-ring (bicyclic) bond motifs is 2. The van der Waals surface area contributed by atoms with E-state index >= 15 is 0 Å². The van der Waals surface area contributed by atoms with Crippen molar-refractivity contribution < 1.29 is 19.4 Å². The Morgan fingerprint density at radius 2 is 1.57 bits per heavy atom. The van der Waals surface area contributed by atoms with E-state index in [1.54, 1.807) is 12.4 Å². The van der Waals surface area contributed by atoms with E-state index in [2.05, 4.69) is 48.3 Å². The Labute approximate surface area is 232 Å². The molecule has 0 aliphatic heterocycles. The lowest BCUT2D eigenvalue weighted by atomic mass is 9.94. The highest BCUT2D eigenvalue weighted by atomic mass is 16.7. The molecule has 2 heterocycles. The summed E-state index contributed by atoms with van der Waals surface area (Å²) in [5, 5.41) is 12.9. The van der Waals surface area contributed by atoms with E-state index in [1.807, 2.05) is 65.2 Å². The predicted octanol–water partition coefficient (Wildman–Crippen LogP) is 8.36. The third-order valence-electron chi connectivity index (χ3n) is 7.16. The summed E-state index contributed by atoms with van der Waals surface area (Å²) in [6, 6.07) is 32.2. The van der Waals surface area contributed by atoms with Gasteiger partial charge < -0.3 is 19.1 Å². The van der Waals surface area contributed by atoms with E-state index in [-0.39, 0.29) is 0 Å². The van der Waals surface area contributed by atoms with Gasteiger partial charge in [0.15, 0.2) is 0 Å². The fourth-order valence-corrected chi connectivity index (χ4v) is 5.40. The van der Waals surface area contributed by atoms with Crippen molar-refractivity contribution in [1.29, 1.82) is 0 Å². The van der Waals surface area contributed by atoms with Gasteiger partial charge in [-0.05, 0) is 65.3 Å². The van der Waals surface area contributed by atoms with Crippen molar-refractivity contribution in [3.8, 4) is 33.9 Å². The smallest absolute Gasteiger partial charge is 0.493 e. The van der Waals surface area contributed by atoms with Crippen molar-refractivity contribution in [2.45, 2.75) is 19.9 Å². The standard InChI is InChI=1S/C34H28N2O4/c1-23-9-2-4-12-26(23)28-14-7-15-29-32(28)31(25-17-19-35-20-18-25)33(40-34(37)38)36(29)21-8-22-39-30-16-6-11-24-10-3-5-13-27(24)30/h2-7,9-20H,8,21-22H2,1H3,(H,37,38). The summed E-state index contributed by atoms with van der Waals surface area (Å²) in [6.45, 7) is 3.05. The quantitative estimate of drug-likeness (QED) is 0.159. The molecular weight excluding hydrogens is 500 g/mol. The maximum absolute atomic E-state index is 12.0. The van der Waals surface area contributed by atoms with Crippen LogP contribution in [0.5, 0.6) is 11.6 Å². The Morgan fingerprint density at radius 1 is 0.850 bits per heavy atom. The van der Waals surface area contributed by atoms with Crippen molar-refractivity contribution in [1.82, 2.24) is 9.55 Å². The fourth-order valence-electron chi connectivity index (χ4n) is 5.40. The summed E-state index contributed by atoms with van der Waals surface area (Å²) in [5.74, 6) is 1.12. The van der Waals surface area contributed by atoms with Gasteiger partial charge in [-0.25, -0.2) is 4.79 Å². The van der Waals surface area contributed by atoms with E-state index < -0.39 is 6.16 Å². The van der Waals surface area contributed by atoms with Crippen LogP contribution in [0.2, 0.25) is 0 Å². The molecular formula is C34H28N2O4. The molecule has 0 saturated heterocycles. The highest BCUT2D eigenvalue weighted by molar-refractivity contribution is 6.09. The first kappa shape index (κ1) is 25.2. The third-order valence-corrected chi connectivity index (χ3v) is 7.16. The van der Waals surface area contributed by atoms with E-state index in [0.717, 1.165) is 55.2 Å². The summed E-state index contributed by atoms with van der Waals surface area (Å²) in [6.07, 6.45) is 2.70. The molecule has 0 aliphatic carbocycles. The maximum atomic E-state index is 12.0. The number of rotatable bonds is 8.